The first-order valence-electron chi connectivity index (χ1n) is 5.83. The van der Waals surface area contributed by atoms with Crippen molar-refractivity contribution in [3.63, 3.8) is 0 Å². The molecule has 1 fully saturated rings. The minimum absolute atomic E-state index is 0.00207. The number of aliphatic hydroxyl groups excluding tert-OH is 1. The largest absolute Gasteiger partial charge is 0.394 e. The summed E-state index contributed by atoms with van der Waals surface area (Å²) in [4.78, 5) is 11.9. The Morgan fingerprint density at radius 3 is 2.75 bits per heavy atom. The molecule has 0 spiro atoms. The standard InChI is InChI=1S/C11H22N2O3/c1-3-11(2,7-14)13-10(15)9-5-4-8(6-12)16-9/h8-9,14H,3-7,12H2,1-2H3,(H,13,15). The second-order valence-corrected chi connectivity index (χ2v) is 4.62. The normalized spacial score (nSPS) is 28.8. The zero-order valence-electron chi connectivity index (χ0n) is 10.0. The van der Waals surface area contributed by atoms with Gasteiger partial charge in [-0.2, -0.15) is 0 Å². The lowest BCUT2D eigenvalue weighted by molar-refractivity contribution is -0.134. The van der Waals surface area contributed by atoms with Gasteiger partial charge in [0, 0.05) is 6.54 Å². The van der Waals surface area contributed by atoms with Crippen molar-refractivity contribution in [2.45, 2.75) is 50.9 Å². The van der Waals surface area contributed by atoms with Crippen LogP contribution in [0.5, 0.6) is 0 Å². The molecule has 0 saturated carbocycles. The molecule has 4 N–H and O–H groups in total. The summed E-state index contributed by atoms with van der Waals surface area (Å²) >= 11 is 0. The summed E-state index contributed by atoms with van der Waals surface area (Å²) in [5, 5.41) is 12.0. The van der Waals surface area contributed by atoms with E-state index >= 15 is 0 Å². The second kappa shape index (κ2) is 5.61. The zero-order valence-corrected chi connectivity index (χ0v) is 10.0. The average Bonchev–Trinajstić information content (AvgIpc) is 2.77. The molecule has 0 radical (unpaired) electrons. The van der Waals surface area contributed by atoms with Crippen LogP contribution in [0.3, 0.4) is 0 Å². The first-order chi connectivity index (χ1) is 7.54. The lowest BCUT2D eigenvalue weighted by Gasteiger charge is -2.28. The third kappa shape index (κ3) is 3.17. The van der Waals surface area contributed by atoms with Gasteiger partial charge in [-0.3, -0.25) is 4.79 Å². The van der Waals surface area contributed by atoms with Gasteiger partial charge in [0.05, 0.1) is 18.2 Å². The van der Waals surface area contributed by atoms with E-state index < -0.39 is 11.6 Å². The smallest absolute Gasteiger partial charge is 0.249 e. The topological polar surface area (TPSA) is 84.6 Å². The van der Waals surface area contributed by atoms with E-state index in [1.165, 1.54) is 0 Å². The molecule has 16 heavy (non-hydrogen) atoms. The van der Waals surface area contributed by atoms with Crippen molar-refractivity contribution in [1.82, 2.24) is 5.32 Å². The van der Waals surface area contributed by atoms with Crippen molar-refractivity contribution >= 4 is 5.91 Å². The Labute approximate surface area is 96.3 Å². The average molecular weight is 230 g/mol. The van der Waals surface area contributed by atoms with Crippen LogP contribution in [0.25, 0.3) is 0 Å². The Kier molecular flexibility index (Phi) is 4.70. The zero-order chi connectivity index (χ0) is 12.2. The predicted octanol–water partition coefficient (Wildman–Crippen LogP) is -0.230. The number of nitrogens with one attached hydrogen (secondary N) is 1. The highest BCUT2D eigenvalue weighted by Gasteiger charge is 2.33. The van der Waals surface area contributed by atoms with Crippen LogP contribution < -0.4 is 11.1 Å². The molecular formula is C11H22N2O3. The maximum atomic E-state index is 11.9. The van der Waals surface area contributed by atoms with E-state index in [2.05, 4.69) is 5.32 Å². The lowest BCUT2D eigenvalue weighted by Crippen LogP contribution is -2.51. The minimum atomic E-state index is -0.554. The molecule has 0 aliphatic carbocycles. The van der Waals surface area contributed by atoms with Gasteiger partial charge in [-0.05, 0) is 26.2 Å². The molecule has 0 aromatic rings. The molecule has 94 valence electrons. The van der Waals surface area contributed by atoms with Crippen molar-refractivity contribution in [2.75, 3.05) is 13.2 Å². The van der Waals surface area contributed by atoms with Crippen LogP contribution in [-0.2, 0) is 9.53 Å². The van der Waals surface area contributed by atoms with Crippen molar-refractivity contribution in [3.05, 3.63) is 0 Å². The molecule has 1 amide bonds. The Hall–Kier alpha value is -0.650. The summed E-state index contributed by atoms with van der Waals surface area (Å²) in [5.74, 6) is -0.144. The van der Waals surface area contributed by atoms with Crippen LogP contribution in [0.2, 0.25) is 0 Å². The number of hydrogen-bond acceptors (Lipinski definition) is 4. The summed E-state index contributed by atoms with van der Waals surface area (Å²) in [6.45, 7) is 4.13. The van der Waals surface area contributed by atoms with Gasteiger partial charge >= 0.3 is 0 Å². The SMILES string of the molecule is CCC(C)(CO)NC(=O)C1CCC(CN)O1. The fourth-order valence-corrected chi connectivity index (χ4v) is 1.69. The molecule has 3 unspecified atom stereocenters. The van der Waals surface area contributed by atoms with E-state index in [0.29, 0.717) is 19.4 Å². The van der Waals surface area contributed by atoms with Gasteiger partial charge in [-0.15, -0.1) is 0 Å². The number of nitrogens with two attached hydrogens (primary N) is 1. The fraction of sp³-hybridized carbons (Fsp3) is 0.909. The van der Waals surface area contributed by atoms with Gasteiger partial charge in [-0.1, -0.05) is 6.92 Å². The molecule has 3 atom stereocenters. The van der Waals surface area contributed by atoms with Crippen molar-refractivity contribution < 1.29 is 14.6 Å². The number of carbonyl (C=O) groups excluding carboxylic acids is 1. The van der Waals surface area contributed by atoms with Crippen LogP contribution in [-0.4, -0.2) is 41.9 Å². The molecule has 0 aromatic carbocycles. The van der Waals surface area contributed by atoms with Gasteiger partial charge < -0.3 is 20.9 Å². The van der Waals surface area contributed by atoms with Gasteiger partial charge in [0.15, 0.2) is 0 Å². The van der Waals surface area contributed by atoms with Crippen LogP contribution in [0.15, 0.2) is 0 Å². The Morgan fingerprint density at radius 2 is 2.31 bits per heavy atom. The summed E-state index contributed by atoms with van der Waals surface area (Å²) in [6.07, 6.45) is 1.81. The summed E-state index contributed by atoms with van der Waals surface area (Å²) in [7, 11) is 0. The van der Waals surface area contributed by atoms with Crippen molar-refractivity contribution in [3.8, 4) is 0 Å². The fourth-order valence-electron chi connectivity index (χ4n) is 1.69. The van der Waals surface area contributed by atoms with E-state index in [4.69, 9.17) is 10.5 Å². The van der Waals surface area contributed by atoms with E-state index in [9.17, 15) is 9.90 Å². The van der Waals surface area contributed by atoms with Gasteiger partial charge in [0.25, 0.3) is 0 Å². The maximum absolute atomic E-state index is 11.9. The van der Waals surface area contributed by atoms with E-state index in [0.717, 1.165) is 6.42 Å². The number of hydrogen-bond donors (Lipinski definition) is 3. The molecule has 1 saturated heterocycles. The van der Waals surface area contributed by atoms with Gasteiger partial charge in [0.1, 0.15) is 6.10 Å². The maximum Gasteiger partial charge on any atom is 0.249 e. The third-order valence-corrected chi connectivity index (χ3v) is 3.22. The van der Waals surface area contributed by atoms with Crippen molar-refractivity contribution in [2.24, 2.45) is 5.73 Å². The molecular weight excluding hydrogens is 208 g/mol. The first-order valence-corrected chi connectivity index (χ1v) is 5.83. The number of amides is 1. The van der Waals surface area contributed by atoms with Crippen LogP contribution in [0, 0.1) is 0 Å². The first kappa shape index (κ1) is 13.4. The molecule has 0 bridgehead atoms. The lowest BCUT2D eigenvalue weighted by atomic mass is 9.99. The molecule has 1 aliphatic rings. The third-order valence-electron chi connectivity index (χ3n) is 3.22. The minimum Gasteiger partial charge on any atom is -0.394 e. The molecule has 0 aromatic heterocycles. The molecule has 1 aliphatic heterocycles. The Bertz CT molecular complexity index is 241. The molecule has 1 heterocycles. The summed E-state index contributed by atoms with van der Waals surface area (Å²) in [6, 6.07) is 0. The Balaban J connectivity index is 2.47. The van der Waals surface area contributed by atoms with Gasteiger partial charge in [0.2, 0.25) is 5.91 Å². The van der Waals surface area contributed by atoms with Crippen LogP contribution in [0.4, 0.5) is 0 Å². The van der Waals surface area contributed by atoms with Crippen molar-refractivity contribution in [1.29, 1.82) is 0 Å². The highest BCUT2D eigenvalue weighted by atomic mass is 16.5. The van der Waals surface area contributed by atoms with E-state index in [1.807, 2.05) is 13.8 Å². The summed E-state index contributed by atoms with van der Waals surface area (Å²) in [5.41, 5.74) is 4.92. The second-order valence-electron chi connectivity index (χ2n) is 4.62. The number of carbonyl (C=O) groups is 1. The molecule has 1 rings (SSSR count). The predicted molar refractivity (Wildman–Crippen MR) is 60.9 cm³/mol. The number of rotatable bonds is 5. The number of ether oxygens (including phenoxy) is 1. The highest BCUT2D eigenvalue weighted by Crippen LogP contribution is 2.20. The Morgan fingerprint density at radius 1 is 1.62 bits per heavy atom. The van der Waals surface area contributed by atoms with Crippen LogP contribution >= 0.6 is 0 Å². The van der Waals surface area contributed by atoms with E-state index in [-0.39, 0.29) is 18.6 Å². The molecule has 5 heteroatoms. The van der Waals surface area contributed by atoms with E-state index in [1.54, 1.807) is 0 Å². The summed E-state index contributed by atoms with van der Waals surface area (Å²) < 4.78 is 5.49. The highest BCUT2D eigenvalue weighted by molar-refractivity contribution is 5.81. The monoisotopic (exact) mass is 230 g/mol. The number of aliphatic hydroxyl groups is 1. The molecule has 5 nitrogen and oxygen atoms in total. The van der Waals surface area contributed by atoms with Crippen LogP contribution in [0.1, 0.15) is 33.1 Å². The van der Waals surface area contributed by atoms with Gasteiger partial charge in [-0.25, -0.2) is 0 Å². The quantitative estimate of drug-likeness (QED) is 0.609.